The minimum absolute atomic E-state index is 0.161. The molecule has 22 heavy (non-hydrogen) atoms. The van der Waals surface area contributed by atoms with E-state index in [9.17, 15) is 9.90 Å². The lowest BCUT2D eigenvalue weighted by molar-refractivity contribution is 0.0274. The van der Waals surface area contributed by atoms with Crippen molar-refractivity contribution < 1.29 is 14.6 Å². The van der Waals surface area contributed by atoms with Gasteiger partial charge in [-0.15, -0.1) is 0 Å². The molecule has 0 bridgehead atoms. The second-order valence-electron chi connectivity index (χ2n) is 6.19. The number of hydrogen-bond donors (Lipinski definition) is 3. The highest BCUT2D eigenvalue weighted by Crippen LogP contribution is 2.21. The minimum Gasteiger partial charge on any atom is -0.389 e. The molecule has 1 aromatic rings. The van der Waals surface area contributed by atoms with Crippen LogP contribution in [0.2, 0.25) is 0 Å². The summed E-state index contributed by atoms with van der Waals surface area (Å²) in [5.41, 5.74) is 4.02. The highest BCUT2D eigenvalue weighted by Gasteiger charge is 2.10. The number of aryl methyl sites for hydroxylation is 3. The van der Waals surface area contributed by atoms with E-state index >= 15 is 0 Å². The van der Waals surface area contributed by atoms with Gasteiger partial charge in [-0.05, 0) is 37.8 Å². The van der Waals surface area contributed by atoms with Crippen LogP contribution in [0.25, 0.3) is 0 Å². The van der Waals surface area contributed by atoms with Crippen molar-refractivity contribution in [3.05, 3.63) is 28.8 Å². The van der Waals surface area contributed by atoms with Crippen LogP contribution in [0.4, 0.5) is 10.5 Å². The number of amides is 2. The van der Waals surface area contributed by atoms with Gasteiger partial charge in [0.05, 0.1) is 12.7 Å². The van der Waals surface area contributed by atoms with Crippen LogP contribution in [-0.2, 0) is 4.74 Å². The fourth-order valence-corrected chi connectivity index (χ4v) is 2.24. The molecule has 3 N–H and O–H groups in total. The molecular weight excluding hydrogens is 280 g/mol. The molecule has 124 valence electrons. The quantitative estimate of drug-likeness (QED) is 0.725. The van der Waals surface area contributed by atoms with Crippen molar-refractivity contribution in [2.24, 2.45) is 5.92 Å². The summed E-state index contributed by atoms with van der Waals surface area (Å²) in [4.78, 5) is 11.9. The maximum Gasteiger partial charge on any atom is 0.319 e. The van der Waals surface area contributed by atoms with E-state index in [1.807, 2.05) is 46.8 Å². The Bertz CT molecular complexity index is 478. The largest absolute Gasteiger partial charge is 0.389 e. The van der Waals surface area contributed by atoms with Gasteiger partial charge in [0.15, 0.2) is 0 Å². The van der Waals surface area contributed by atoms with E-state index in [0.29, 0.717) is 12.5 Å². The van der Waals surface area contributed by atoms with Gasteiger partial charge in [0.25, 0.3) is 0 Å². The minimum atomic E-state index is -0.704. The van der Waals surface area contributed by atoms with E-state index in [-0.39, 0.29) is 19.2 Å². The fraction of sp³-hybridized carbons (Fsp3) is 0.588. The van der Waals surface area contributed by atoms with Crippen molar-refractivity contribution in [2.75, 3.05) is 25.1 Å². The van der Waals surface area contributed by atoms with Gasteiger partial charge in [-0.25, -0.2) is 4.79 Å². The lowest BCUT2D eigenvalue weighted by Crippen LogP contribution is -2.37. The first kappa shape index (κ1) is 18.5. The average Bonchev–Trinajstić information content (AvgIpc) is 2.40. The zero-order valence-electron chi connectivity index (χ0n) is 14.2. The molecule has 0 spiro atoms. The second-order valence-corrected chi connectivity index (χ2v) is 6.19. The molecule has 0 saturated heterocycles. The zero-order chi connectivity index (χ0) is 16.7. The monoisotopic (exact) mass is 308 g/mol. The molecule has 0 aliphatic rings. The number of benzene rings is 1. The molecule has 1 aromatic carbocycles. The van der Waals surface area contributed by atoms with Crippen LogP contribution in [0.1, 0.15) is 30.5 Å². The topological polar surface area (TPSA) is 70.6 Å². The van der Waals surface area contributed by atoms with E-state index in [2.05, 4.69) is 10.6 Å². The molecule has 0 heterocycles. The summed E-state index contributed by atoms with van der Waals surface area (Å²) in [6, 6.07) is 3.73. The van der Waals surface area contributed by atoms with E-state index in [0.717, 1.165) is 16.8 Å². The standard InChI is InChI=1S/C17H28N2O3/c1-11(2)9-22-10-15(20)8-18-17(21)19-16-13(4)6-12(3)7-14(16)5/h6-7,11,15,20H,8-10H2,1-5H3,(H2,18,19,21). The predicted octanol–water partition coefficient (Wildman–Crippen LogP) is 2.77. The van der Waals surface area contributed by atoms with Crippen molar-refractivity contribution in [3.63, 3.8) is 0 Å². The van der Waals surface area contributed by atoms with Gasteiger partial charge < -0.3 is 20.5 Å². The summed E-state index contributed by atoms with van der Waals surface area (Å²) in [5, 5.41) is 15.2. The number of hydrogen-bond acceptors (Lipinski definition) is 3. The molecule has 0 aliphatic carbocycles. The van der Waals surface area contributed by atoms with Gasteiger partial charge in [-0.3, -0.25) is 0 Å². The van der Waals surface area contributed by atoms with Crippen LogP contribution in [0, 0.1) is 26.7 Å². The van der Waals surface area contributed by atoms with Gasteiger partial charge in [-0.2, -0.15) is 0 Å². The maximum atomic E-state index is 11.9. The van der Waals surface area contributed by atoms with Crippen molar-refractivity contribution in [1.82, 2.24) is 5.32 Å². The summed E-state index contributed by atoms with van der Waals surface area (Å²) < 4.78 is 5.34. The summed E-state index contributed by atoms with van der Waals surface area (Å²) in [6.45, 7) is 11.0. The molecular formula is C17H28N2O3. The van der Waals surface area contributed by atoms with Crippen molar-refractivity contribution >= 4 is 11.7 Å². The molecule has 2 amide bonds. The molecule has 0 aliphatic heterocycles. The number of carbonyl (C=O) groups is 1. The molecule has 0 aromatic heterocycles. The molecule has 5 nitrogen and oxygen atoms in total. The van der Waals surface area contributed by atoms with Crippen LogP contribution < -0.4 is 10.6 Å². The third-order valence-corrected chi connectivity index (χ3v) is 3.18. The first-order valence-electron chi connectivity index (χ1n) is 7.68. The van der Waals surface area contributed by atoms with Gasteiger partial charge in [0.2, 0.25) is 0 Å². The normalized spacial score (nSPS) is 12.3. The first-order valence-corrected chi connectivity index (χ1v) is 7.68. The Kier molecular flexibility index (Phi) is 7.35. The third-order valence-electron chi connectivity index (χ3n) is 3.18. The Hall–Kier alpha value is -1.59. The molecule has 0 saturated carbocycles. The Balaban J connectivity index is 2.41. The molecule has 0 radical (unpaired) electrons. The van der Waals surface area contributed by atoms with Crippen LogP contribution in [0.5, 0.6) is 0 Å². The highest BCUT2D eigenvalue weighted by atomic mass is 16.5. The number of urea groups is 1. The van der Waals surface area contributed by atoms with Gasteiger partial charge >= 0.3 is 6.03 Å². The molecule has 1 rings (SSSR count). The molecule has 1 unspecified atom stereocenters. The summed E-state index contributed by atoms with van der Waals surface area (Å²) in [7, 11) is 0. The highest BCUT2D eigenvalue weighted by molar-refractivity contribution is 5.91. The Morgan fingerprint density at radius 3 is 2.32 bits per heavy atom. The van der Waals surface area contributed by atoms with Crippen molar-refractivity contribution in [1.29, 1.82) is 0 Å². The number of carbonyl (C=O) groups excluding carboxylic acids is 1. The first-order chi connectivity index (χ1) is 10.3. The van der Waals surface area contributed by atoms with Crippen LogP contribution in [0.3, 0.4) is 0 Å². The van der Waals surface area contributed by atoms with E-state index in [1.54, 1.807) is 0 Å². The Morgan fingerprint density at radius 2 is 1.77 bits per heavy atom. The van der Waals surface area contributed by atoms with Gasteiger partial charge in [-0.1, -0.05) is 31.5 Å². The van der Waals surface area contributed by atoms with Crippen LogP contribution in [-0.4, -0.2) is 37.0 Å². The Labute approximate surface area is 133 Å². The molecule has 1 atom stereocenters. The Morgan fingerprint density at radius 1 is 1.18 bits per heavy atom. The smallest absolute Gasteiger partial charge is 0.319 e. The maximum absolute atomic E-state index is 11.9. The van der Waals surface area contributed by atoms with Crippen molar-refractivity contribution in [2.45, 2.75) is 40.7 Å². The molecule has 0 fully saturated rings. The number of anilines is 1. The lowest BCUT2D eigenvalue weighted by atomic mass is 10.1. The summed E-state index contributed by atoms with van der Waals surface area (Å²) in [6.07, 6.45) is -0.704. The van der Waals surface area contributed by atoms with Gasteiger partial charge in [0, 0.05) is 18.8 Å². The van der Waals surface area contributed by atoms with Crippen LogP contribution in [0.15, 0.2) is 12.1 Å². The third kappa shape index (κ3) is 6.45. The fourth-order valence-electron chi connectivity index (χ4n) is 2.24. The SMILES string of the molecule is Cc1cc(C)c(NC(=O)NCC(O)COCC(C)C)c(C)c1. The van der Waals surface area contributed by atoms with Gasteiger partial charge in [0.1, 0.15) is 0 Å². The number of rotatable bonds is 7. The molecule has 5 heteroatoms. The zero-order valence-corrected chi connectivity index (χ0v) is 14.2. The lowest BCUT2D eigenvalue weighted by Gasteiger charge is -2.16. The van der Waals surface area contributed by atoms with Crippen LogP contribution >= 0.6 is 0 Å². The number of nitrogens with one attached hydrogen (secondary N) is 2. The summed E-state index contributed by atoms with van der Waals surface area (Å²) >= 11 is 0. The number of aliphatic hydroxyl groups excluding tert-OH is 1. The van der Waals surface area contributed by atoms with Crippen molar-refractivity contribution in [3.8, 4) is 0 Å². The predicted molar refractivity (Wildman–Crippen MR) is 89.3 cm³/mol. The average molecular weight is 308 g/mol. The van der Waals surface area contributed by atoms with E-state index < -0.39 is 6.10 Å². The summed E-state index contributed by atoms with van der Waals surface area (Å²) in [5.74, 6) is 0.427. The van der Waals surface area contributed by atoms with E-state index in [1.165, 1.54) is 5.56 Å². The number of ether oxygens (including phenoxy) is 1. The van der Waals surface area contributed by atoms with E-state index in [4.69, 9.17) is 4.74 Å². The second kappa shape index (κ2) is 8.76. The number of aliphatic hydroxyl groups is 1.